The maximum atomic E-state index is 12.2. The van der Waals surface area contributed by atoms with Gasteiger partial charge < -0.3 is 24.4 Å². The number of unbranched alkanes of at least 4 members (excludes halogenated alkanes) is 2. The van der Waals surface area contributed by atoms with Crippen molar-refractivity contribution in [3.63, 3.8) is 0 Å². The van der Waals surface area contributed by atoms with E-state index in [4.69, 9.17) is 14.2 Å². The SMILES string of the molecule is C=C(C)C(=O)OCCCc1cc(-c2ccc(-c3ccc(-c4ccc(CCCCC)cc4)c(CC)c3)cc2CC)cc(CCCOC(=O)C(=C)C)c1OCCC(C)(CO)CO. The third-order valence-electron chi connectivity index (χ3n) is 11.3. The van der Waals surface area contributed by atoms with Crippen LogP contribution in [0.25, 0.3) is 33.4 Å². The number of carbonyl (C=O) groups is 2. The smallest absolute Gasteiger partial charge is 0.333 e. The van der Waals surface area contributed by atoms with E-state index in [9.17, 15) is 19.8 Å². The molecule has 0 aliphatic carbocycles. The molecule has 4 rings (SSSR count). The largest absolute Gasteiger partial charge is 0.493 e. The molecule has 7 heteroatoms. The third kappa shape index (κ3) is 13.5. The van der Waals surface area contributed by atoms with Crippen molar-refractivity contribution in [2.45, 2.75) is 112 Å². The first kappa shape index (κ1) is 47.7. The fourth-order valence-electron chi connectivity index (χ4n) is 7.30. The molecule has 0 aliphatic heterocycles. The highest BCUT2D eigenvalue weighted by molar-refractivity contribution is 5.87. The maximum Gasteiger partial charge on any atom is 0.333 e. The van der Waals surface area contributed by atoms with Crippen LogP contribution < -0.4 is 4.74 Å². The first-order valence-corrected chi connectivity index (χ1v) is 21.9. The predicted octanol–water partition coefficient (Wildman–Crippen LogP) is 11.4. The Morgan fingerprint density at radius 1 is 0.583 bits per heavy atom. The van der Waals surface area contributed by atoms with Gasteiger partial charge in [0.25, 0.3) is 0 Å². The number of rotatable bonds is 25. The Morgan fingerprint density at radius 3 is 1.50 bits per heavy atom. The molecule has 0 fully saturated rings. The van der Waals surface area contributed by atoms with Crippen molar-refractivity contribution in [2.24, 2.45) is 5.41 Å². The van der Waals surface area contributed by atoms with E-state index in [-0.39, 0.29) is 33.0 Å². The van der Waals surface area contributed by atoms with Crippen molar-refractivity contribution in [3.8, 4) is 39.1 Å². The summed E-state index contributed by atoms with van der Waals surface area (Å²) in [6, 6.07) is 27.0. The molecule has 0 aromatic heterocycles. The molecule has 0 aliphatic rings. The first-order valence-electron chi connectivity index (χ1n) is 21.9. The van der Waals surface area contributed by atoms with Crippen LogP contribution in [0.2, 0.25) is 0 Å². The molecule has 2 N–H and O–H groups in total. The lowest BCUT2D eigenvalue weighted by Gasteiger charge is -2.26. The Kier molecular flexibility index (Phi) is 18.9. The van der Waals surface area contributed by atoms with Gasteiger partial charge in [0.1, 0.15) is 5.75 Å². The van der Waals surface area contributed by atoms with E-state index >= 15 is 0 Å². The van der Waals surface area contributed by atoms with E-state index in [0.29, 0.717) is 43.3 Å². The van der Waals surface area contributed by atoms with E-state index in [1.54, 1.807) is 13.8 Å². The summed E-state index contributed by atoms with van der Waals surface area (Å²) in [4.78, 5) is 24.4. The highest BCUT2D eigenvalue weighted by Gasteiger charge is 2.24. The molecular weight excluding hydrogens is 749 g/mol. The number of hydrogen-bond donors (Lipinski definition) is 2. The highest BCUT2D eigenvalue weighted by atomic mass is 16.5. The minimum Gasteiger partial charge on any atom is -0.493 e. The molecule has 7 nitrogen and oxygen atoms in total. The molecule has 322 valence electrons. The van der Waals surface area contributed by atoms with Crippen molar-refractivity contribution in [3.05, 3.63) is 125 Å². The van der Waals surface area contributed by atoms with Gasteiger partial charge in [-0.15, -0.1) is 0 Å². The summed E-state index contributed by atoms with van der Waals surface area (Å²) >= 11 is 0. The van der Waals surface area contributed by atoms with Crippen LogP contribution in [0.3, 0.4) is 0 Å². The Bertz CT molecular complexity index is 2000. The van der Waals surface area contributed by atoms with Gasteiger partial charge in [0.15, 0.2) is 0 Å². The van der Waals surface area contributed by atoms with Crippen LogP contribution in [0.4, 0.5) is 0 Å². The molecule has 0 unspecified atom stereocenters. The fraction of sp³-hybridized carbons (Fsp3) is 0.434. The molecule has 0 heterocycles. The van der Waals surface area contributed by atoms with Gasteiger partial charge in [-0.25, -0.2) is 9.59 Å². The first-order chi connectivity index (χ1) is 28.9. The van der Waals surface area contributed by atoms with Crippen LogP contribution in [0.15, 0.2) is 97.1 Å². The van der Waals surface area contributed by atoms with E-state index < -0.39 is 17.4 Å². The van der Waals surface area contributed by atoms with E-state index in [1.807, 2.05) is 6.92 Å². The Balaban J connectivity index is 1.72. The predicted molar refractivity (Wildman–Crippen MR) is 245 cm³/mol. The summed E-state index contributed by atoms with van der Waals surface area (Å²) in [6.07, 6.45) is 9.33. The van der Waals surface area contributed by atoms with Crippen molar-refractivity contribution < 1.29 is 34.0 Å². The maximum absolute atomic E-state index is 12.2. The van der Waals surface area contributed by atoms with Crippen LogP contribution in [0.5, 0.6) is 5.75 Å². The van der Waals surface area contributed by atoms with Crippen LogP contribution in [-0.2, 0) is 51.2 Å². The number of benzene rings is 4. The van der Waals surface area contributed by atoms with Gasteiger partial charge in [-0.1, -0.05) is 114 Å². The monoisotopic (exact) mass is 816 g/mol. The quantitative estimate of drug-likeness (QED) is 0.0390. The van der Waals surface area contributed by atoms with Crippen LogP contribution in [0.1, 0.15) is 108 Å². The molecule has 60 heavy (non-hydrogen) atoms. The van der Waals surface area contributed by atoms with Crippen LogP contribution >= 0.6 is 0 Å². The third-order valence-corrected chi connectivity index (χ3v) is 11.3. The van der Waals surface area contributed by atoms with Crippen molar-refractivity contribution >= 4 is 11.9 Å². The van der Waals surface area contributed by atoms with Crippen molar-refractivity contribution in [1.29, 1.82) is 0 Å². The number of hydrogen-bond acceptors (Lipinski definition) is 7. The van der Waals surface area contributed by atoms with Gasteiger partial charge in [-0.05, 0) is 145 Å². The molecule has 0 amide bonds. The molecule has 0 bridgehead atoms. The summed E-state index contributed by atoms with van der Waals surface area (Å²) in [5, 5.41) is 19.9. The zero-order valence-electron chi connectivity index (χ0n) is 37.1. The van der Waals surface area contributed by atoms with E-state index in [2.05, 4.69) is 107 Å². The molecule has 0 radical (unpaired) electrons. The number of aliphatic hydroxyl groups excluding tert-OH is 2. The average molecular weight is 817 g/mol. The van der Waals surface area contributed by atoms with Gasteiger partial charge in [-0.3, -0.25) is 0 Å². The van der Waals surface area contributed by atoms with E-state index in [0.717, 1.165) is 52.8 Å². The van der Waals surface area contributed by atoms with Gasteiger partial charge in [0.2, 0.25) is 0 Å². The lowest BCUT2D eigenvalue weighted by Crippen LogP contribution is -2.28. The minimum absolute atomic E-state index is 0.166. The second kappa shape index (κ2) is 23.7. The number of aliphatic hydroxyl groups is 2. The minimum atomic E-state index is -0.692. The van der Waals surface area contributed by atoms with Gasteiger partial charge in [0.05, 0.1) is 33.0 Å². The van der Waals surface area contributed by atoms with Crippen LogP contribution in [-0.4, -0.2) is 55.2 Å². The topological polar surface area (TPSA) is 102 Å². The van der Waals surface area contributed by atoms with Gasteiger partial charge >= 0.3 is 11.9 Å². The zero-order chi connectivity index (χ0) is 43.7. The van der Waals surface area contributed by atoms with Crippen molar-refractivity contribution in [2.75, 3.05) is 33.0 Å². The average Bonchev–Trinajstić information content (AvgIpc) is 3.26. The summed E-state index contributed by atoms with van der Waals surface area (Å²) in [5.74, 6) is -0.113. The molecule has 4 aromatic carbocycles. The summed E-state index contributed by atoms with van der Waals surface area (Å²) in [6.45, 7) is 19.5. The molecule has 4 aromatic rings. The molecule has 0 saturated carbocycles. The van der Waals surface area contributed by atoms with Gasteiger partial charge in [0, 0.05) is 16.6 Å². The summed E-state index contributed by atoms with van der Waals surface area (Å²) in [7, 11) is 0. The molecular formula is C53H68O7. The molecule has 0 saturated heterocycles. The van der Waals surface area contributed by atoms with E-state index in [1.165, 1.54) is 52.6 Å². The normalized spacial score (nSPS) is 11.3. The van der Waals surface area contributed by atoms with Crippen LogP contribution in [0, 0.1) is 5.41 Å². The fourth-order valence-corrected chi connectivity index (χ4v) is 7.30. The zero-order valence-corrected chi connectivity index (χ0v) is 37.1. The Labute approximate surface area is 359 Å². The Hall–Kier alpha value is -4.98. The number of carbonyl (C=O) groups excluding carboxylic acids is 2. The standard InChI is InChI=1S/C53H68O7/c1-9-12-13-16-39-19-21-42(22-20-39)48-25-23-43(31-40(48)10-2)44-24-26-49(41(11-3)32-44)47-33-45(17-14-28-59-51(56)37(4)5)50(58-30-27-53(8,35-54)36-55)46(34-47)18-15-29-60-52(57)38(6)7/h19-26,31-34,54-55H,4,6,9-18,27-30,35-36H2,1-3,5,7-8H3. The second-order valence-corrected chi connectivity index (χ2v) is 16.5. The number of aryl methyl sites for hydroxylation is 5. The number of esters is 2. The van der Waals surface area contributed by atoms with Crippen molar-refractivity contribution in [1.82, 2.24) is 0 Å². The Morgan fingerprint density at radius 2 is 1.05 bits per heavy atom. The second-order valence-electron chi connectivity index (χ2n) is 16.5. The molecule has 0 spiro atoms. The lowest BCUT2D eigenvalue weighted by molar-refractivity contribution is -0.139. The molecule has 0 atom stereocenters. The summed E-state index contributed by atoms with van der Waals surface area (Å²) < 4.78 is 17.5. The summed E-state index contributed by atoms with van der Waals surface area (Å²) in [5.41, 5.74) is 12.9. The number of ether oxygens (including phenoxy) is 3. The lowest BCUT2D eigenvalue weighted by atomic mass is 9.88. The van der Waals surface area contributed by atoms with Gasteiger partial charge in [-0.2, -0.15) is 0 Å². The highest BCUT2D eigenvalue weighted by Crippen LogP contribution is 2.38.